The number of nitrogens with two attached hydrogens (primary N) is 1. The molecule has 1 aromatic carbocycles. The minimum absolute atomic E-state index is 0.0783. The highest BCUT2D eigenvalue weighted by Crippen LogP contribution is 2.18. The van der Waals surface area contributed by atoms with Gasteiger partial charge in [0.25, 0.3) is 0 Å². The second-order valence-corrected chi connectivity index (χ2v) is 5.87. The van der Waals surface area contributed by atoms with Gasteiger partial charge in [0.05, 0.1) is 0 Å². The van der Waals surface area contributed by atoms with Gasteiger partial charge in [-0.2, -0.15) is 0 Å². The third-order valence-corrected chi connectivity index (χ3v) is 3.61. The van der Waals surface area contributed by atoms with Crippen molar-refractivity contribution in [2.75, 3.05) is 16.8 Å². The van der Waals surface area contributed by atoms with E-state index in [4.69, 9.17) is 17.3 Å². The van der Waals surface area contributed by atoms with Crippen molar-refractivity contribution in [3.05, 3.63) is 41.0 Å². The molecule has 0 radical (unpaired) electrons. The van der Waals surface area contributed by atoms with Crippen molar-refractivity contribution in [1.82, 2.24) is 9.97 Å². The van der Waals surface area contributed by atoms with Crippen LogP contribution in [0.25, 0.3) is 0 Å². The molecule has 0 unspecified atom stereocenters. The van der Waals surface area contributed by atoms with E-state index in [2.05, 4.69) is 15.3 Å². The number of halogens is 1. The Morgan fingerprint density at radius 2 is 2.19 bits per heavy atom. The number of hydrogen-bond acceptors (Lipinski definition) is 5. The van der Waals surface area contributed by atoms with E-state index in [0.717, 1.165) is 5.69 Å². The van der Waals surface area contributed by atoms with Gasteiger partial charge in [-0.15, -0.1) is 0 Å². The molecule has 2 rings (SSSR count). The van der Waals surface area contributed by atoms with Crippen molar-refractivity contribution in [2.45, 2.75) is 18.5 Å². The van der Waals surface area contributed by atoms with Crippen LogP contribution in [0.15, 0.2) is 35.5 Å². The molecule has 0 aliphatic heterocycles. The van der Waals surface area contributed by atoms with Crippen LogP contribution in [0.4, 0.5) is 11.5 Å². The number of hydrogen-bond donors (Lipinski definition) is 2. The van der Waals surface area contributed by atoms with Crippen molar-refractivity contribution in [3.63, 3.8) is 0 Å². The van der Waals surface area contributed by atoms with Gasteiger partial charge < -0.3 is 11.1 Å². The van der Waals surface area contributed by atoms with Gasteiger partial charge in [-0.1, -0.05) is 29.4 Å². The monoisotopic (exact) mass is 322 g/mol. The van der Waals surface area contributed by atoms with Crippen LogP contribution in [0.1, 0.15) is 12.1 Å². The second kappa shape index (κ2) is 7.28. The van der Waals surface area contributed by atoms with E-state index in [0.29, 0.717) is 33.9 Å². The van der Waals surface area contributed by atoms with Crippen LogP contribution in [0, 0.1) is 6.92 Å². The standard InChI is InChI=1S/C14H15ClN4OS/c1-9-7-12(16)19-14(17-9)21-6-5-13(20)18-11-4-2-3-10(15)8-11/h2-4,7-8H,5-6H2,1H3,(H,18,20)(H2,16,17,19). The van der Waals surface area contributed by atoms with Gasteiger partial charge in [-0.05, 0) is 25.1 Å². The van der Waals surface area contributed by atoms with E-state index >= 15 is 0 Å². The molecular weight excluding hydrogens is 308 g/mol. The van der Waals surface area contributed by atoms with Gasteiger partial charge in [-0.3, -0.25) is 4.79 Å². The summed E-state index contributed by atoms with van der Waals surface area (Å²) in [5.74, 6) is 0.939. The SMILES string of the molecule is Cc1cc(N)nc(SCCC(=O)Nc2cccc(Cl)c2)n1. The number of thioether (sulfide) groups is 1. The van der Waals surface area contributed by atoms with Crippen LogP contribution in [0.3, 0.4) is 0 Å². The van der Waals surface area contributed by atoms with Gasteiger partial charge in [0.2, 0.25) is 5.91 Å². The van der Waals surface area contributed by atoms with Crippen molar-refractivity contribution in [1.29, 1.82) is 0 Å². The van der Waals surface area contributed by atoms with Gasteiger partial charge >= 0.3 is 0 Å². The fourth-order valence-electron chi connectivity index (χ4n) is 1.65. The zero-order chi connectivity index (χ0) is 15.2. The molecular formula is C14H15ClN4OS. The Morgan fingerprint density at radius 3 is 2.90 bits per heavy atom. The minimum atomic E-state index is -0.0783. The zero-order valence-corrected chi connectivity index (χ0v) is 13.0. The number of aromatic nitrogens is 2. The van der Waals surface area contributed by atoms with Crippen molar-refractivity contribution < 1.29 is 4.79 Å². The summed E-state index contributed by atoms with van der Waals surface area (Å²) in [5, 5.41) is 3.96. The van der Waals surface area contributed by atoms with Crippen LogP contribution in [-0.2, 0) is 4.79 Å². The largest absolute Gasteiger partial charge is 0.384 e. The second-order valence-electron chi connectivity index (χ2n) is 4.37. The maximum absolute atomic E-state index is 11.8. The summed E-state index contributed by atoms with van der Waals surface area (Å²) in [6.45, 7) is 1.86. The molecule has 3 N–H and O–H groups in total. The number of nitrogens with zero attached hydrogens (tertiary/aromatic N) is 2. The highest BCUT2D eigenvalue weighted by molar-refractivity contribution is 7.99. The lowest BCUT2D eigenvalue weighted by molar-refractivity contribution is -0.115. The molecule has 110 valence electrons. The third kappa shape index (κ3) is 5.24. The molecule has 1 heterocycles. The molecule has 1 aromatic heterocycles. The fraction of sp³-hybridized carbons (Fsp3) is 0.214. The molecule has 21 heavy (non-hydrogen) atoms. The van der Waals surface area contributed by atoms with E-state index in [1.54, 1.807) is 30.3 Å². The maximum Gasteiger partial charge on any atom is 0.225 e. The predicted octanol–water partition coefficient (Wildman–Crippen LogP) is 3.14. The number of nitrogens with one attached hydrogen (secondary N) is 1. The van der Waals surface area contributed by atoms with E-state index in [1.807, 2.05) is 6.92 Å². The number of nitrogen functional groups attached to an aromatic ring is 1. The molecule has 0 fully saturated rings. The third-order valence-electron chi connectivity index (χ3n) is 2.52. The first-order valence-electron chi connectivity index (χ1n) is 6.32. The number of amides is 1. The van der Waals surface area contributed by atoms with Crippen LogP contribution < -0.4 is 11.1 Å². The summed E-state index contributed by atoms with van der Waals surface area (Å²) in [4.78, 5) is 20.2. The lowest BCUT2D eigenvalue weighted by Crippen LogP contribution is -2.12. The smallest absolute Gasteiger partial charge is 0.225 e. The van der Waals surface area contributed by atoms with Gasteiger partial charge in [0.1, 0.15) is 5.82 Å². The molecule has 7 heteroatoms. The van der Waals surface area contributed by atoms with E-state index in [9.17, 15) is 4.79 Å². The Kier molecular flexibility index (Phi) is 5.41. The van der Waals surface area contributed by atoms with Crippen LogP contribution in [0.5, 0.6) is 0 Å². The Bertz CT molecular complexity index is 630. The number of aryl methyl sites for hydroxylation is 1. The summed E-state index contributed by atoms with van der Waals surface area (Å²) in [6, 6.07) is 8.75. The summed E-state index contributed by atoms with van der Waals surface area (Å²) in [6.07, 6.45) is 0.356. The average molecular weight is 323 g/mol. The Balaban J connectivity index is 1.81. The van der Waals surface area contributed by atoms with Gasteiger partial charge in [0, 0.05) is 34.6 Å². The van der Waals surface area contributed by atoms with Crippen molar-refractivity contribution >= 4 is 40.8 Å². The maximum atomic E-state index is 11.8. The summed E-state index contributed by atoms with van der Waals surface area (Å²) in [5.41, 5.74) is 7.15. The first kappa shape index (κ1) is 15.6. The molecule has 0 bridgehead atoms. The number of carbonyl (C=O) groups is 1. The molecule has 0 atom stereocenters. The van der Waals surface area contributed by atoms with Gasteiger partial charge in [0.15, 0.2) is 5.16 Å². The number of benzene rings is 1. The first-order chi connectivity index (χ1) is 10.0. The van der Waals surface area contributed by atoms with Gasteiger partial charge in [-0.25, -0.2) is 9.97 Å². The topological polar surface area (TPSA) is 80.9 Å². The lowest BCUT2D eigenvalue weighted by Gasteiger charge is -2.05. The average Bonchev–Trinajstić information content (AvgIpc) is 2.37. The number of anilines is 2. The highest BCUT2D eigenvalue weighted by atomic mass is 35.5. The van der Waals surface area contributed by atoms with Crippen molar-refractivity contribution in [3.8, 4) is 0 Å². The fourth-order valence-corrected chi connectivity index (χ4v) is 2.69. The molecule has 0 aliphatic rings. The number of rotatable bonds is 5. The predicted molar refractivity (Wildman–Crippen MR) is 86.6 cm³/mol. The van der Waals surface area contributed by atoms with E-state index in [-0.39, 0.29) is 5.91 Å². The summed E-state index contributed by atoms with van der Waals surface area (Å²) in [7, 11) is 0. The normalized spacial score (nSPS) is 10.4. The summed E-state index contributed by atoms with van der Waals surface area (Å²) >= 11 is 7.26. The van der Waals surface area contributed by atoms with Crippen LogP contribution >= 0.6 is 23.4 Å². The molecule has 0 saturated carbocycles. The minimum Gasteiger partial charge on any atom is -0.384 e. The quantitative estimate of drug-likeness (QED) is 0.653. The molecule has 0 saturated heterocycles. The van der Waals surface area contributed by atoms with E-state index in [1.165, 1.54) is 11.8 Å². The highest BCUT2D eigenvalue weighted by Gasteiger charge is 2.05. The first-order valence-corrected chi connectivity index (χ1v) is 7.68. The molecule has 2 aromatic rings. The Morgan fingerprint density at radius 1 is 1.38 bits per heavy atom. The Hall–Kier alpha value is -1.79. The Labute approximate surface area is 132 Å². The van der Waals surface area contributed by atoms with Crippen molar-refractivity contribution in [2.24, 2.45) is 0 Å². The zero-order valence-electron chi connectivity index (χ0n) is 11.5. The molecule has 1 amide bonds. The van der Waals surface area contributed by atoms with Crippen LogP contribution in [-0.4, -0.2) is 21.6 Å². The number of carbonyl (C=O) groups excluding carboxylic acids is 1. The molecule has 0 spiro atoms. The molecule has 0 aliphatic carbocycles. The van der Waals surface area contributed by atoms with Crippen LogP contribution in [0.2, 0.25) is 5.02 Å². The lowest BCUT2D eigenvalue weighted by atomic mass is 10.3. The summed E-state index contributed by atoms with van der Waals surface area (Å²) < 4.78 is 0. The molecule has 5 nitrogen and oxygen atoms in total. The van der Waals surface area contributed by atoms with E-state index < -0.39 is 0 Å².